The maximum absolute atomic E-state index is 9.58. The Morgan fingerprint density at radius 3 is 2.93 bits per heavy atom. The summed E-state index contributed by atoms with van der Waals surface area (Å²) < 4.78 is 18.1. The van der Waals surface area contributed by atoms with Gasteiger partial charge in [0, 0.05) is 6.26 Å². The van der Waals surface area contributed by atoms with Crippen LogP contribution in [0.2, 0.25) is 0 Å². The molecule has 5 nitrogen and oxygen atoms in total. The number of nitrogens with zero attached hydrogens (tertiary/aromatic N) is 2. The Morgan fingerprint density at radius 1 is 1.60 bits per heavy atom. The van der Waals surface area contributed by atoms with Gasteiger partial charge in [0.1, 0.15) is 16.9 Å². The molecule has 0 fully saturated rings. The number of fused-ring (bicyclic) bond motifs is 1. The maximum atomic E-state index is 9.58. The molecule has 2 N–H and O–H groups in total. The molecule has 1 aromatic heterocycles. The SMILES string of the molecule is CC.CS1(O)Nc2nc(Br)cnc2CO1. The van der Waals surface area contributed by atoms with Crippen LogP contribution in [0.3, 0.4) is 0 Å². The number of nitrogens with one attached hydrogen (secondary N) is 1. The van der Waals surface area contributed by atoms with Gasteiger partial charge in [0.25, 0.3) is 0 Å². The fourth-order valence-electron chi connectivity index (χ4n) is 0.959. The van der Waals surface area contributed by atoms with Crippen LogP contribution in [0.25, 0.3) is 0 Å². The van der Waals surface area contributed by atoms with Gasteiger partial charge in [0.2, 0.25) is 0 Å². The van der Waals surface area contributed by atoms with Crippen molar-refractivity contribution in [1.29, 1.82) is 0 Å². The van der Waals surface area contributed by atoms with Gasteiger partial charge in [-0.3, -0.25) is 18.4 Å². The summed E-state index contributed by atoms with van der Waals surface area (Å²) >= 11 is 3.20. The Hall–Kier alpha value is -0.370. The molecular formula is C8H14BrN3O2S. The van der Waals surface area contributed by atoms with Crippen molar-refractivity contribution in [3.8, 4) is 0 Å². The van der Waals surface area contributed by atoms with E-state index in [1.165, 1.54) is 0 Å². The van der Waals surface area contributed by atoms with Crippen molar-refractivity contribution >= 4 is 32.5 Å². The highest BCUT2D eigenvalue weighted by Gasteiger charge is 2.21. The summed E-state index contributed by atoms with van der Waals surface area (Å²) in [5.74, 6) is 0.584. The highest BCUT2D eigenvalue weighted by molar-refractivity contribution is 9.10. The Morgan fingerprint density at radius 2 is 2.27 bits per heavy atom. The monoisotopic (exact) mass is 295 g/mol. The fraction of sp³-hybridized carbons (Fsp3) is 0.500. The van der Waals surface area contributed by atoms with Gasteiger partial charge in [-0.2, -0.15) is 0 Å². The Labute approximate surface area is 99.3 Å². The molecule has 1 aliphatic rings. The van der Waals surface area contributed by atoms with E-state index in [0.717, 1.165) is 0 Å². The number of aromatic nitrogens is 2. The largest absolute Gasteiger partial charge is 0.282 e. The van der Waals surface area contributed by atoms with E-state index in [-0.39, 0.29) is 0 Å². The van der Waals surface area contributed by atoms with Crippen LogP contribution in [-0.4, -0.2) is 20.8 Å². The smallest absolute Gasteiger partial charge is 0.169 e. The molecule has 0 spiro atoms. The van der Waals surface area contributed by atoms with Gasteiger partial charge in [-0.1, -0.05) is 13.8 Å². The first-order chi connectivity index (χ1) is 7.07. The van der Waals surface area contributed by atoms with E-state index in [1.54, 1.807) is 12.5 Å². The van der Waals surface area contributed by atoms with Crippen LogP contribution < -0.4 is 4.72 Å². The normalized spacial score (nSPS) is 27.5. The summed E-state index contributed by atoms with van der Waals surface area (Å²) in [7, 11) is -2.19. The zero-order chi connectivity index (χ0) is 11.5. The topological polar surface area (TPSA) is 67.3 Å². The summed E-state index contributed by atoms with van der Waals surface area (Å²) in [6.45, 7) is 4.30. The molecule has 1 aliphatic heterocycles. The third kappa shape index (κ3) is 3.30. The lowest BCUT2D eigenvalue weighted by Gasteiger charge is -2.38. The highest BCUT2D eigenvalue weighted by Crippen LogP contribution is 2.45. The summed E-state index contributed by atoms with van der Waals surface area (Å²) in [5.41, 5.74) is 0.710. The van der Waals surface area contributed by atoms with E-state index >= 15 is 0 Å². The summed E-state index contributed by atoms with van der Waals surface area (Å²) in [6, 6.07) is 0. The molecule has 1 atom stereocenters. The molecule has 15 heavy (non-hydrogen) atoms. The predicted octanol–water partition coefficient (Wildman–Crippen LogP) is 2.94. The zero-order valence-corrected chi connectivity index (χ0v) is 11.2. The number of hydrogen-bond acceptors (Lipinski definition) is 5. The molecule has 0 amide bonds. The number of hydrogen-bond donors (Lipinski definition) is 2. The molecule has 86 valence electrons. The van der Waals surface area contributed by atoms with E-state index in [0.29, 0.717) is 22.7 Å². The lowest BCUT2D eigenvalue weighted by atomic mass is 10.4. The Bertz CT molecular complexity index is 349. The minimum Gasteiger partial charge on any atom is -0.282 e. The van der Waals surface area contributed by atoms with Crippen LogP contribution in [-0.2, 0) is 10.8 Å². The molecular weight excluding hydrogens is 282 g/mol. The van der Waals surface area contributed by atoms with Gasteiger partial charge < -0.3 is 0 Å². The van der Waals surface area contributed by atoms with Gasteiger partial charge in [0.15, 0.2) is 5.82 Å². The first-order valence-electron chi connectivity index (χ1n) is 4.51. The van der Waals surface area contributed by atoms with Crippen molar-refractivity contribution in [2.24, 2.45) is 0 Å². The molecule has 2 heterocycles. The molecule has 0 saturated heterocycles. The molecule has 0 bridgehead atoms. The Kier molecular flexibility index (Phi) is 4.32. The Balaban J connectivity index is 0.000000531. The summed E-state index contributed by atoms with van der Waals surface area (Å²) in [5, 5.41) is 0. The standard InChI is InChI=1S/C6H8BrN3O2S.C2H6/c1-13(11)10-6-4(3-12-13)8-2-5(7)9-6;1-2/h2,11H,3H2,1H3,(H,9,10);1-2H3. The van der Waals surface area contributed by atoms with Gasteiger partial charge >= 0.3 is 0 Å². The molecule has 0 radical (unpaired) electrons. The van der Waals surface area contributed by atoms with E-state index < -0.39 is 10.8 Å². The second-order valence-electron chi connectivity index (χ2n) is 2.65. The molecule has 1 unspecified atom stereocenters. The third-order valence-electron chi connectivity index (χ3n) is 1.53. The van der Waals surface area contributed by atoms with Crippen molar-refractivity contribution in [3.63, 3.8) is 0 Å². The van der Waals surface area contributed by atoms with Crippen molar-refractivity contribution in [3.05, 3.63) is 16.5 Å². The van der Waals surface area contributed by atoms with E-state index in [1.807, 2.05) is 13.8 Å². The lowest BCUT2D eigenvalue weighted by molar-refractivity contribution is 0.301. The molecule has 1 aromatic rings. The molecule has 0 aromatic carbocycles. The minimum atomic E-state index is -2.19. The highest BCUT2D eigenvalue weighted by atomic mass is 79.9. The number of halogens is 1. The predicted molar refractivity (Wildman–Crippen MR) is 65.6 cm³/mol. The van der Waals surface area contributed by atoms with Gasteiger partial charge in [-0.05, 0) is 15.9 Å². The van der Waals surface area contributed by atoms with Crippen molar-refractivity contribution < 1.29 is 8.74 Å². The van der Waals surface area contributed by atoms with Crippen LogP contribution in [0.4, 0.5) is 5.82 Å². The third-order valence-corrected chi connectivity index (χ3v) is 3.06. The molecule has 0 aliphatic carbocycles. The average molecular weight is 296 g/mol. The fourth-order valence-corrected chi connectivity index (χ4v) is 2.16. The van der Waals surface area contributed by atoms with Crippen molar-refractivity contribution in [2.75, 3.05) is 11.0 Å². The average Bonchev–Trinajstić information content (AvgIpc) is 2.19. The zero-order valence-electron chi connectivity index (χ0n) is 8.82. The van der Waals surface area contributed by atoms with Crippen LogP contribution in [0.15, 0.2) is 10.8 Å². The van der Waals surface area contributed by atoms with E-state index in [9.17, 15) is 4.55 Å². The summed E-state index contributed by atoms with van der Waals surface area (Å²) in [4.78, 5) is 8.22. The second-order valence-corrected chi connectivity index (χ2v) is 5.51. The quantitative estimate of drug-likeness (QED) is 0.770. The first kappa shape index (κ1) is 12.7. The van der Waals surface area contributed by atoms with E-state index in [2.05, 4.69) is 30.6 Å². The van der Waals surface area contributed by atoms with Crippen molar-refractivity contribution in [1.82, 2.24) is 9.97 Å². The van der Waals surface area contributed by atoms with E-state index in [4.69, 9.17) is 4.18 Å². The van der Waals surface area contributed by atoms with Crippen LogP contribution in [0.5, 0.6) is 0 Å². The molecule has 0 saturated carbocycles. The second kappa shape index (κ2) is 5.11. The minimum absolute atomic E-state index is 0.297. The lowest BCUT2D eigenvalue weighted by Crippen LogP contribution is -2.20. The van der Waals surface area contributed by atoms with Gasteiger partial charge in [-0.25, -0.2) is 4.98 Å². The maximum Gasteiger partial charge on any atom is 0.169 e. The summed E-state index contributed by atoms with van der Waals surface area (Å²) in [6.07, 6.45) is 3.19. The van der Waals surface area contributed by atoms with Gasteiger partial charge in [-0.15, -0.1) is 10.8 Å². The molecule has 7 heteroatoms. The molecule has 2 rings (SSSR count). The number of anilines is 1. The van der Waals surface area contributed by atoms with Crippen molar-refractivity contribution in [2.45, 2.75) is 20.5 Å². The van der Waals surface area contributed by atoms with Crippen LogP contribution in [0, 0.1) is 0 Å². The van der Waals surface area contributed by atoms with Crippen LogP contribution in [0.1, 0.15) is 19.5 Å². The number of rotatable bonds is 0. The first-order valence-corrected chi connectivity index (χ1v) is 7.23. The van der Waals surface area contributed by atoms with Gasteiger partial charge in [0.05, 0.1) is 6.20 Å². The van der Waals surface area contributed by atoms with Crippen LogP contribution >= 0.6 is 26.7 Å².